The van der Waals surface area contributed by atoms with Crippen LogP contribution >= 0.6 is 0 Å². The topological polar surface area (TPSA) is 99.1 Å². The number of carbonyl (C=O) groups is 1. The van der Waals surface area contributed by atoms with Crippen molar-refractivity contribution < 1.29 is 18.3 Å². The van der Waals surface area contributed by atoms with Crippen LogP contribution < -0.4 is 9.73 Å². The Hall–Kier alpha value is -3.39. The highest BCUT2D eigenvalue weighted by Crippen LogP contribution is 2.28. The van der Waals surface area contributed by atoms with Gasteiger partial charge in [0.1, 0.15) is 12.3 Å². The Balaban J connectivity index is 1.85. The van der Waals surface area contributed by atoms with E-state index in [9.17, 15) is 18.3 Å². The summed E-state index contributed by atoms with van der Waals surface area (Å²) in [5, 5.41) is 15.4. The summed E-state index contributed by atoms with van der Waals surface area (Å²) in [5.41, 5.74) is 3.65. The monoisotopic (exact) mass is 411 g/mol. The molecule has 0 unspecified atom stereocenters. The molecule has 3 aromatic carbocycles. The van der Waals surface area contributed by atoms with Crippen LogP contribution in [-0.2, 0) is 14.8 Å². The Morgan fingerprint density at radius 3 is 2.41 bits per heavy atom. The van der Waals surface area contributed by atoms with Gasteiger partial charge >= 0.3 is 0 Å². The lowest BCUT2D eigenvalue weighted by Gasteiger charge is -2.23. The molecule has 8 heteroatoms. The number of phenols is 1. The van der Waals surface area contributed by atoms with E-state index in [2.05, 4.69) is 10.5 Å². The van der Waals surface area contributed by atoms with Crippen molar-refractivity contribution >= 4 is 38.1 Å². The average Bonchev–Trinajstić information content (AvgIpc) is 2.69. The van der Waals surface area contributed by atoms with E-state index in [0.29, 0.717) is 17.0 Å². The standard InChI is InChI=1S/C21H21N3O4S/c1-15(17-10-5-6-13-20(17)25)22-23-21(26)14-24(29(2,27)28)19-12-7-9-16-8-3-4-11-18(16)19/h3-13,25H,14H2,1-2H3,(H,23,26)/b22-15-. The van der Waals surface area contributed by atoms with Crippen LogP contribution in [0.4, 0.5) is 5.69 Å². The smallest absolute Gasteiger partial charge is 0.260 e. The van der Waals surface area contributed by atoms with Gasteiger partial charge in [-0.2, -0.15) is 5.10 Å². The molecule has 0 aliphatic heterocycles. The third-order valence-electron chi connectivity index (χ3n) is 4.37. The Labute approximate surface area is 169 Å². The summed E-state index contributed by atoms with van der Waals surface area (Å²) in [6, 6.07) is 19.2. The van der Waals surface area contributed by atoms with Crippen LogP contribution in [0.15, 0.2) is 71.8 Å². The number of anilines is 1. The first-order valence-electron chi connectivity index (χ1n) is 8.84. The molecular formula is C21H21N3O4S. The molecule has 0 bridgehead atoms. The molecule has 29 heavy (non-hydrogen) atoms. The second kappa shape index (κ2) is 8.32. The second-order valence-electron chi connectivity index (χ2n) is 6.52. The summed E-state index contributed by atoms with van der Waals surface area (Å²) in [4.78, 5) is 12.4. The molecule has 1 amide bonds. The van der Waals surface area contributed by atoms with E-state index in [1.54, 1.807) is 43.3 Å². The maximum Gasteiger partial charge on any atom is 0.260 e. The van der Waals surface area contributed by atoms with Gasteiger partial charge in [-0.25, -0.2) is 13.8 Å². The third-order valence-corrected chi connectivity index (χ3v) is 5.49. The van der Waals surface area contributed by atoms with Gasteiger partial charge in [0.15, 0.2) is 0 Å². The number of nitrogens with zero attached hydrogens (tertiary/aromatic N) is 2. The van der Waals surface area contributed by atoms with E-state index in [0.717, 1.165) is 21.3 Å². The number of amides is 1. The minimum absolute atomic E-state index is 0.0384. The van der Waals surface area contributed by atoms with Gasteiger partial charge in [0.2, 0.25) is 10.0 Å². The fourth-order valence-electron chi connectivity index (χ4n) is 2.96. The first-order chi connectivity index (χ1) is 13.8. The molecule has 0 atom stereocenters. The molecule has 0 aromatic heterocycles. The molecule has 150 valence electrons. The number of carbonyl (C=O) groups excluding carboxylic acids is 1. The second-order valence-corrected chi connectivity index (χ2v) is 8.42. The molecule has 0 fully saturated rings. The van der Waals surface area contributed by atoms with Gasteiger partial charge < -0.3 is 5.11 Å². The van der Waals surface area contributed by atoms with E-state index in [1.165, 1.54) is 6.07 Å². The number of rotatable bonds is 6. The third kappa shape index (κ3) is 4.72. The van der Waals surface area contributed by atoms with Crippen LogP contribution in [0.25, 0.3) is 10.8 Å². The predicted octanol–water partition coefficient (Wildman–Crippen LogP) is 2.85. The Morgan fingerprint density at radius 1 is 1.03 bits per heavy atom. The normalized spacial score (nSPS) is 12.0. The zero-order valence-electron chi connectivity index (χ0n) is 16.0. The number of hydrogen-bond acceptors (Lipinski definition) is 5. The Morgan fingerprint density at radius 2 is 1.69 bits per heavy atom. The van der Waals surface area contributed by atoms with Crippen LogP contribution in [-0.4, -0.2) is 37.9 Å². The molecule has 0 aliphatic rings. The van der Waals surface area contributed by atoms with E-state index < -0.39 is 22.5 Å². The largest absolute Gasteiger partial charge is 0.507 e. The van der Waals surface area contributed by atoms with Crippen molar-refractivity contribution in [2.24, 2.45) is 5.10 Å². The van der Waals surface area contributed by atoms with E-state index in [-0.39, 0.29) is 5.75 Å². The highest BCUT2D eigenvalue weighted by Gasteiger charge is 2.22. The van der Waals surface area contributed by atoms with Crippen molar-refractivity contribution in [3.05, 3.63) is 72.3 Å². The molecule has 0 saturated heterocycles. The summed E-state index contributed by atoms with van der Waals surface area (Å²) in [7, 11) is -3.72. The number of sulfonamides is 1. The Kier molecular flexibility index (Phi) is 5.84. The molecule has 0 heterocycles. The van der Waals surface area contributed by atoms with Gasteiger partial charge in [0.05, 0.1) is 17.7 Å². The minimum atomic E-state index is -3.72. The zero-order chi connectivity index (χ0) is 21.0. The van der Waals surface area contributed by atoms with Gasteiger partial charge in [-0.3, -0.25) is 9.10 Å². The molecule has 3 aromatic rings. The number of benzene rings is 3. The number of aromatic hydroxyl groups is 1. The first kappa shape index (κ1) is 20.3. The lowest BCUT2D eigenvalue weighted by Crippen LogP contribution is -2.39. The first-order valence-corrected chi connectivity index (χ1v) is 10.7. The van der Waals surface area contributed by atoms with Gasteiger partial charge in [0, 0.05) is 10.9 Å². The van der Waals surface area contributed by atoms with Crippen molar-refractivity contribution in [1.29, 1.82) is 0 Å². The summed E-state index contributed by atoms with van der Waals surface area (Å²) >= 11 is 0. The molecule has 3 rings (SSSR count). The molecule has 2 N–H and O–H groups in total. The van der Waals surface area contributed by atoms with Crippen LogP contribution in [0.1, 0.15) is 12.5 Å². The highest BCUT2D eigenvalue weighted by molar-refractivity contribution is 7.92. The molecule has 0 radical (unpaired) electrons. The van der Waals surface area contributed by atoms with Gasteiger partial charge in [-0.15, -0.1) is 0 Å². The van der Waals surface area contributed by atoms with E-state index in [4.69, 9.17) is 0 Å². The molecule has 0 spiro atoms. The van der Waals surface area contributed by atoms with Crippen molar-refractivity contribution in [2.75, 3.05) is 17.1 Å². The maximum atomic E-state index is 12.4. The molecule has 0 saturated carbocycles. The fraction of sp³-hybridized carbons (Fsp3) is 0.143. The molecular weight excluding hydrogens is 390 g/mol. The summed E-state index contributed by atoms with van der Waals surface area (Å²) < 4.78 is 25.8. The van der Waals surface area contributed by atoms with Crippen LogP contribution in [0.3, 0.4) is 0 Å². The zero-order valence-corrected chi connectivity index (χ0v) is 16.8. The maximum absolute atomic E-state index is 12.4. The average molecular weight is 411 g/mol. The van der Waals surface area contributed by atoms with Gasteiger partial charge in [0.25, 0.3) is 5.91 Å². The predicted molar refractivity (Wildman–Crippen MR) is 115 cm³/mol. The lowest BCUT2D eigenvalue weighted by atomic mass is 10.1. The Bertz CT molecular complexity index is 1180. The fourth-order valence-corrected chi connectivity index (χ4v) is 3.83. The summed E-state index contributed by atoms with van der Waals surface area (Å²) in [6.45, 7) is 1.21. The van der Waals surface area contributed by atoms with Crippen LogP contribution in [0, 0.1) is 0 Å². The van der Waals surface area contributed by atoms with Crippen LogP contribution in [0.5, 0.6) is 5.75 Å². The number of hydrogen-bond donors (Lipinski definition) is 2. The molecule has 0 aliphatic carbocycles. The van der Waals surface area contributed by atoms with E-state index >= 15 is 0 Å². The number of phenolic OH excluding ortho intramolecular Hbond substituents is 1. The van der Waals surface area contributed by atoms with Crippen LogP contribution in [0.2, 0.25) is 0 Å². The molecule has 7 nitrogen and oxygen atoms in total. The lowest BCUT2D eigenvalue weighted by molar-refractivity contribution is -0.119. The van der Waals surface area contributed by atoms with Crippen molar-refractivity contribution in [3.63, 3.8) is 0 Å². The highest BCUT2D eigenvalue weighted by atomic mass is 32.2. The number of nitrogens with one attached hydrogen (secondary N) is 1. The SMILES string of the molecule is C/C(=N/NC(=O)CN(c1cccc2ccccc12)S(C)(=O)=O)c1ccccc1O. The minimum Gasteiger partial charge on any atom is -0.507 e. The summed E-state index contributed by atoms with van der Waals surface area (Å²) in [6.07, 6.45) is 1.05. The number of fused-ring (bicyclic) bond motifs is 1. The quantitative estimate of drug-likeness (QED) is 0.481. The van der Waals surface area contributed by atoms with Crippen molar-refractivity contribution in [2.45, 2.75) is 6.92 Å². The van der Waals surface area contributed by atoms with Gasteiger partial charge in [-0.05, 0) is 30.5 Å². The van der Waals surface area contributed by atoms with Gasteiger partial charge in [-0.1, -0.05) is 48.5 Å². The number of hydrazone groups is 1. The van der Waals surface area contributed by atoms with Crippen molar-refractivity contribution in [1.82, 2.24) is 5.43 Å². The van der Waals surface area contributed by atoms with Crippen molar-refractivity contribution in [3.8, 4) is 5.75 Å². The number of para-hydroxylation sites is 1. The summed E-state index contributed by atoms with van der Waals surface area (Å²) in [5.74, 6) is -0.561. The van der Waals surface area contributed by atoms with E-state index in [1.807, 2.05) is 24.3 Å².